The van der Waals surface area contributed by atoms with Crippen LogP contribution in [-0.2, 0) is 29.2 Å². The highest BCUT2D eigenvalue weighted by Crippen LogP contribution is 2.17. The topological polar surface area (TPSA) is 112 Å². The fraction of sp³-hybridized carbons (Fsp3) is 0.280. The lowest BCUT2D eigenvalue weighted by Gasteiger charge is -2.38. The summed E-state index contributed by atoms with van der Waals surface area (Å²) in [5.74, 6) is -1.06. The molecule has 0 aliphatic carbocycles. The average molecular weight is 460 g/mol. The lowest BCUT2D eigenvalue weighted by atomic mass is 10.1. The predicted molar refractivity (Wildman–Crippen MR) is 123 cm³/mol. The van der Waals surface area contributed by atoms with Crippen molar-refractivity contribution in [3.05, 3.63) is 89.5 Å². The van der Waals surface area contributed by atoms with Gasteiger partial charge in [0.2, 0.25) is 0 Å². The number of aromatic nitrogens is 2. The van der Waals surface area contributed by atoms with Crippen molar-refractivity contribution in [2.24, 2.45) is 0 Å². The first kappa shape index (κ1) is 23.0. The second-order valence-corrected chi connectivity index (χ2v) is 8.14. The molecule has 1 amide bonds. The summed E-state index contributed by atoms with van der Waals surface area (Å²) in [7, 11) is 0. The van der Waals surface area contributed by atoms with E-state index in [0.717, 1.165) is 16.8 Å². The Morgan fingerprint density at radius 3 is 2.53 bits per heavy atom. The van der Waals surface area contributed by atoms with Gasteiger partial charge < -0.3 is 14.4 Å². The van der Waals surface area contributed by atoms with E-state index >= 15 is 0 Å². The molecule has 0 bridgehead atoms. The normalized spacial score (nSPS) is 16.1. The van der Waals surface area contributed by atoms with Crippen molar-refractivity contribution in [2.45, 2.75) is 25.7 Å². The Bertz CT molecular complexity index is 1170. The standard InChI is InChI=1S/C25H25N5O4/c26-12-19-6-8-20(9-7-19)14-29-18-27-13-22(29)15-28-10-11-30(23(16-28)24(31)32)25(33)34-17-21-4-2-1-3-5-21/h1-9,13,18,23H,10-11,14-17H2,(H,31,32). The Kier molecular flexibility index (Phi) is 7.20. The summed E-state index contributed by atoms with van der Waals surface area (Å²) < 4.78 is 7.36. The first-order valence-corrected chi connectivity index (χ1v) is 10.9. The van der Waals surface area contributed by atoms with Gasteiger partial charge >= 0.3 is 12.1 Å². The van der Waals surface area contributed by atoms with Crippen LogP contribution in [0.5, 0.6) is 0 Å². The van der Waals surface area contributed by atoms with Crippen molar-refractivity contribution in [3.8, 4) is 6.07 Å². The van der Waals surface area contributed by atoms with Crippen molar-refractivity contribution in [3.63, 3.8) is 0 Å². The number of piperazine rings is 1. The molecular weight excluding hydrogens is 434 g/mol. The van der Waals surface area contributed by atoms with E-state index in [1.807, 2.05) is 51.9 Å². The van der Waals surface area contributed by atoms with E-state index < -0.39 is 18.1 Å². The van der Waals surface area contributed by atoms with Crippen LogP contribution in [0.3, 0.4) is 0 Å². The van der Waals surface area contributed by atoms with Crippen molar-refractivity contribution >= 4 is 12.1 Å². The van der Waals surface area contributed by atoms with Crippen LogP contribution >= 0.6 is 0 Å². The van der Waals surface area contributed by atoms with Gasteiger partial charge in [0, 0.05) is 38.9 Å². The molecule has 9 heteroatoms. The first-order chi connectivity index (χ1) is 16.5. The number of carbonyl (C=O) groups excluding carboxylic acids is 1. The maximum absolute atomic E-state index is 12.6. The summed E-state index contributed by atoms with van der Waals surface area (Å²) >= 11 is 0. The molecule has 1 aliphatic rings. The van der Waals surface area contributed by atoms with E-state index in [9.17, 15) is 14.7 Å². The zero-order chi connectivity index (χ0) is 23.9. The molecular formula is C25H25N5O4. The first-order valence-electron chi connectivity index (χ1n) is 10.9. The number of carboxylic acids is 1. The number of carbonyl (C=O) groups is 2. The number of benzene rings is 2. The van der Waals surface area contributed by atoms with Gasteiger partial charge in [0.15, 0.2) is 0 Å². The van der Waals surface area contributed by atoms with Crippen LogP contribution in [0.25, 0.3) is 0 Å². The second-order valence-electron chi connectivity index (χ2n) is 8.14. The van der Waals surface area contributed by atoms with Gasteiger partial charge in [-0.15, -0.1) is 0 Å². The predicted octanol–water partition coefficient (Wildman–Crippen LogP) is 2.71. The Labute approximate surface area is 197 Å². The molecule has 1 fully saturated rings. The van der Waals surface area contributed by atoms with E-state index in [1.54, 1.807) is 24.7 Å². The number of amides is 1. The molecule has 3 aromatic rings. The van der Waals surface area contributed by atoms with Gasteiger partial charge in [-0.2, -0.15) is 5.26 Å². The van der Waals surface area contributed by atoms with E-state index in [4.69, 9.17) is 10.00 Å². The summed E-state index contributed by atoms with van der Waals surface area (Å²) in [4.78, 5) is 32.1. The lowest BCUT2D eigenvalue weighted by Crippen LogP contribution is -2.58. The molecule has 1 N–H and O–H groups in total. The third-order valence-electron chi connectivity index (χ3n) is 5.81. The minimum absolute atomic E-state index is 0.0980. The maximum Gasteiger partial charge on any atom is 0.410 e. The van der Waals surface area contributed by atoms with Gasteiger partial charge in [0.05, 0.1) is 23.7 Å². The summed E-state index contributed by atoms with van der Waals surface area (Å²) in [6, 6.07) is 17.8. The highest BCUT2D eigenvalue weighted by atomic mass is 16.6. The van der Waals surface area contributed by atoms with Gasteiger partial charge in [-0.1, -0.05) is 42.5 Å². The quantitative estimate of drug-likeness (QED) is 0.578. The number of hydrogen-bond donors (Lipinski definition) is 1. The fourth-order valence-electron chi connectivity index (χ4n) is 3.95. The highest BCUT2D eigenvalue weighted by molar-refractivity contribution is 5.80. The minimum atomic E-state index is -1.06. The molecule has 1 saturated heterocycles. The molecule has 4 rings (SSSR count). The zero-order valence-corrected chi connectivity index (χ0v) is 18.6. The van der Waals surface area contributed by atoms with E-state index in [0.29, 0.717) is 25.2 Å². The molecule has 0 radical (unpaired) electrons. The zero-order valence-electron chi connectivity index (χ0n) is 18.6. The van der Waals surface area contributed by atoms with Gasteiger partial charge in [-0.05, 0) is 23.3 Å². The Hall–Kier alpha value is -4.16. The molecule has 1 aliphatic heterocycles. The van der Waals surface area contributed by atoms with Crippen molar-refractivity contribution < 1.29 is 19.4 Å². The fourth-order valence-corrected chi connectivity index (χ4v) is 3.95. The number of imidazole rings is 1. The van der Waals surface area contributed by atoms with Crippen LogP contribution in [-0.4, -0.2) is 62.2 Å². The van der Waals surface area contributed by atoms with E-state index in [-0.39, 0.29) is 19.7 Å². The molecule has 0 saturated carbocycles. The average Bonchev–Trinajstić information content (AvgIpc) is 3.29. The van der Waals surface area contributed by atoms with Gasteiger partial charge in [0.1, 0.15) is 12.6 Å². The highest BCUT2D eigenvalue weighted by Gasteiger charge is 2.36. The molecule has 174 valence electrons. The van der Waals surface area contributed by atoms with Crippen molar-refractivity contribution in [2.75, 3.05) is 19.6 Å². The van der Waals surface area contributed by atoms with Gasteiger partial charge in [-0.25, -0.2) is 14.6 Å². The molecule has 0 spiro atoms. The number of ether oxygens (including phenoxy) is 1. The van der Waals surface area contributed by atoms with Gasteiger partial charge in [0.25, 0.3) is 0 Å². The molecule has 2 aromatic carbocycles. The number of rotatable bonds is 7. The van der Waals surface area contributed by atoms with Crippen LogP contribution in [0.2, 0.25) is 0 Å². The second kappa shape index (κ2) is 10.6. The third-order valence-corrected chi connectivity index (χ3v) is 5.81. The smallest absolute Gasteiger partial charge is 0.410 e. The Balaban J connectivity index is 1.37. The van der Waals surface area contributed by atoms with Crippen LogP contribution in [0.4, 0.5) is 4.79 Å². The largest absolute Gasteiger partial charge is 0.480 e. The Morgan fingerprint density at radius 2 is 1.82 bits per heavy atom. The van der Waals surface area contributed by atoms with Gasteiger partial charge in [-0.3, -0.25) is 9.80 Å². The van der Waals surface area contributed by atoms with Crippen LogP contribution < -0.4 is 0 Å². The number of aliphatic carboxylic acids is 1. The number of nitrogens with zero attached hydrogens (tertiary/aromatic N) is 5. The SMILES string of the molecule is N#Cc1ccc(Cn2cncc2CN2CCN(C(=O)OCc3ccccc3)C(C(=O)O)C2)cc1. The number of nitriles is 1. The summed E-state index contributed by atoms with van der Waals surface area (Å²) in [6.45, 7) is 2.17. The molecule has 1 aromatic heterocycles. The minimum Gasteiger partial charge on any atom is -0.480 e. The molecule has 2 heterocycles. The van der Waals surface area contributed by atoms with Crippen LogP contribution in [0, 0.1) is 11.3 Å². The monoisotopic (exact) mass is 459 g/mol. The molecule has 1 unspecified atom stereocenters. The third kappa shape index (κ3) is 5.60. The van der Waals surface area contributed by atoms with E-state index in [1.165, 1.54) is 4.90 Å². The van der Waals surface area contributed by atoms with E-state index in [2.05, 4.69) is 11.1 Å². The number of hydrogen-bond acceptors (Lipinski definition) is 6. The molecule has 9 nitrogen and oxygen atoms in total. The van der Waals surface area contributed by atoms with Crippen LogP contribution in [0.15, 0.2) is 67.1 Å². The Morgan fingerprint density at radius 1 is 1.06 bits per heavy atom. The summed E-state index contributed by atoms with van der Waals surface area (Å²) in [5.41, 5.74) is 3.42. The molecule has 34 heavy (non-hydrogen) atoms. The maximum atomic E-state index is 12.6. The summed E-state index contributed by atoms with van der Waals surface area (Å²) in [6.07, 6.45) is 2.88. The van der Waals surface area contributed by atoms with Crippen molar-refractivity contribution in [1.29, 1.82) is 5.26 Å². The van der Waals surface area contributed by atoms with Crippen LogP contribution in [0.1, 0.15) is 22.4 Å². The molecule has 1 atom stereocenters. The lowest BCUT2D eigenvalue weighted by molar-refractivity contribution is -0.145. The number of carboxylic acid groups (broad SMARTS) is 1. The summed E-state index contributed by atoms with van der Waals surface area (Å²) in [5, 5.41) is 18.7. The van der Waals surface area contributed by atoms with Crippen molar-refractivity contribution in [1.82, 2.24) is 19.4 Å².